The van der Waals surface area contributed by atoms with Crippen LogP contribution < -0.4 is 9.30 Å². The number of thiazole rings is 1. The number of para-hydroxylation sites is 2. The average Bonchev–Trinajstić information content (AvgIpc) is 3.16. The first-order valence-corrected chi connectivity index (χ1v) is 13.1. The molecule has 0 saturated carbocycles. The SMILES string of the molecule is CC[n+]1c(C=C2C=C(C)c3ccccc3O2)sc2ccccc21.Cc1ccc(S(=O)(=O)[O-])cc1. The van der Waals surface area contributed by atoms with E-state index >= 15 is 0 Å². The maximum Gasteiger partial charge on any atom is 0.266 e. The smallest absolute Gasteiger partial charge is 0.266 e. The van der Waals surface area contributed by atoms with Crippen LogP contribution in [0.15, 0.2) is 89.5 Å². The molecule has 0 radical (unpaired) electrons. The largest absolute Gasteiger partial charge is 0.744 e. The lowest BCUT2D eigenvalue weighted by atomic mass is 10.0. The number of benzene rings is 3. The highest BCUT2D eigenvalue weighted by Gasteiger charge is 2.19. The Bertz CT molecular complexity index is 1500. The van der Waals surface area contributed by atoms with Crippen LogP contribution in [0.4, 0.5) is 0 Å². The zero-order valence-corrected chi connectivity index (χ0v) is 20.8. The molecule has 3 aromatic carbocycles. The molecule has 174 valence electrons. The van der Waals surface area contributed by atoms with E-state index in [1.165, 1.54) is 38.5 Å². The fourth-order valence-electron chi connectivity index (χ4n) is 3.71. The molecule has 0 amide bonds. The lowest BCUT2D eigenvalue weighted by molar-refractivity contribution is -0.665. The average molecular weight is 492 g/mol. The fraction of sp³-hybridized carbons (Fsp3) is 0.148. The van der Waals surface area contributed by atoms with Crippen molar-refractivity contribution in [2.75, 3.05) is 0 Å². The number of aromatic nitrogens is 1. The topological polar surface area (TPSA) is 70.3 Å². The Hall–Kier alpha value is -3.26. The molecule has 0 N–H and O–H groups in total. The minimum atomic E-state index is -4.27. The summed E-state index contributed by atoms with van der Waals surface area (Å²) in [5, 5.41) is 1.21. The molecule has 0 aliphatic carbocycles. The van der Waals surface area contributed by atoms with E-state index in [0.29, 0.717) is 0 Å². The first-order chi connectivity index (χ1) is 16.3. The second kappa shape index (κ2) is 9.93. The van der Waals surface area contributed by atoms with Crippen molar-refractivity contribution < 1.29 is 22.3 Å². The van der Waals surface area contributed by atoms with Crippen LogP contribution in [0, 0.1) is 6.92 Å². The van der Waals surface area contributed by atoms with E-state index in [4.69, 9.17) is 4.74 Å². The third-order valence-corrected chi connectivity index (χ3v) is 7.39. The second-order valence-electron chi connectivity index (χ2n) is 7.89. The van der Waals surface area contributed by atoms with Crippen molar-refractivity contribution in [2.45, 2.75) is 32.2 Å². The Morgan fingerprint density at radius 2 is 1.65 bits per heavy atom. The molecular formula is C27H25NO4S2. The summed E-state index contributed by atoms with van der Waals surface area (Å²) in [5.41, 5.74) is 4.62. The maximum atomic E-state index is 10.4. The van der Waals surface area contributed by atoms with E-state index in [9.17, 15) is 13.0 Å². The van der Waals surface area contributed by atoms with Gasteiger partial charge in [-0.2, -0.15) is 4.57 Å². The first-order valence-electron chi connectivity index (χ1n) is 10.9. The van der Waals surface area contributed by atoms with Gasteiger partial charge in [-0.1, -0.05) is 59.4 Å². The number of nitrogens with zero attached hydrogens (tertiary/aromatic N) is 1. The van der Waals surface area contributed by atoms with Crippen molar-refractivity contribution >= 4 is 43.3 Å². The van der Waals surface area contributed by atoms with Crippen LogP contribution in [-0.2, 0) is 16.7 Å². The third-order valence-electron chi connectivity index (χ3n) is 5.43. The van der Waals surface area contributed by atoms with Crippen molar-refractivity contribution in [3.8, 4) is 5.75 Å². The van der Waals surface area contributed by atoms with Crippen molar-refractivity contribution in [3.05, 3.63) is 101 Å². The molecule has 1 aromatic heterocycles. The van der Waals surface area contributed by atoms with E-state index in [1.54, 1.807) is 23.5 Å². The highest BCUT2D eigenvalue weighted by atomic mass is 32.2. The van der Waals surface area contributed by atoms with Crippen molar-refractivity contribution in [1.82, 2.24) is 0 Å². The zero-order valence-electron chi connectivity index (χ0n) is 19.2. The molecule has 1 aliphatic rings. The molecule has 0 fully saturated rings. The summed E-state index contributed by atoms with van der Waals surface area (Å²) in [6.07, 6.45) is 4.26. The van der Waals surface area contributed by atoms with E-state index in [2.05, 4.69) is 60.9 Å². The fourth-order valence-corrected chi connectivity index (χ4v) is 5.35. The van der Waals surface area contributed by atoms with E-state index in [-0.39, 0.29) is 4.90 Å². The predicted octanol–water partition coefficient (Wildman–Crippen LogP) is 5.94. The molecule has 0 unspecified atom stereocenters. The van der Waals surface area contributed by atoms with Gasteiger partial charge < -0.3 is 9.29 Å². The predicted molar refractivity (Wildman–Crippen MR) is 136 cm³/mol. The summed E-state index contributed by atoms with van der Waals surface area (Å²) in [6.45, 7) is 7.08. The monoisotopic (exact) mass is 491 g/mol. The normalized spacial score (nSPS) is 14.1. The molecule has 5 rings (SSSR count). The van der Waals surface area contributed by atoms with Gasteiger partial charge in [-0.3, -0.25) is 0 Å². The van der Waals surface area contributed by atoms with Crippen molar-refractivity contribution in [1.29, 1.82) is 0 Å². The van der Waals surface area contributed by atoms with Gasteiger partial charge in [0.2, 0.25) is 5.52 Å². The summed E-state index contributed by atoms with van der Waals surface area (Å²) in [4.78, 5) is -0.178. The number of hydrogen-bond donors (Lipinski definition) is 0. The second-order valence-corrected chi connectivity index (χ2v) is 10.3. The number of aryl methyl sites for hydroxylation is 2. The molecular weight excluding hydrogens is 466 g/mol. The van der Waals surface area contributed by atoms with E-state index in [1.807, 2.05) is 25.1 Å². The molecule has 1 aliphatic heterocycles. The molecule has 2 heterocycles. The van der Waals surface area contributed by atoms with E-state index in [0.717, 1.165) is 23.6 Å². The van der Waals surface area contributed by atoms with Gasteiger partial charge in [-0.05, 0) is 56.7 Å². The highest BCUT2D eigenvalue weighted by molar-refractivity contribution is 7.85. The van der Waals surface area contributed by atoms with Gasteiger partial charge in [0.25, 0.3) is 5.01 Å². The zero-order chi connectivity index (χ0) is 24.3. The number of hydrogen-bond acceptors (Lipinski definition) is 5. The molecule has 0 saturated heterocycles. The summed E-state index contributed by atoms with van der Waals surface area (Å²) < 4.78 is 40.9. The minimum Gasteiger partial charge on any atom is -0.744 e. The van der Waals surface area contributed by atoms with Crippen LogP contribution in [0.1, 0.15) is 30.0 Å². The van der Waals surface area contributed by atoms with Crippen LogP contribution in [0.2, 0.25) is 0 Å². The number of ether oxygens (including phenoxy) is 1. The standard InChI is InChI=1S/C20H18NOS.C7H8O3S/c1-3-21-17-9-5-7-11-19(17)23-20(21)13-15-12-14(2)16-8-4-6-10-18(16)22-15;1-6-2-4-7(5-3-6)11(8,9)10/h4-13H,3H2,1-2H3;2-5H,1H3,(H,8,9,10)/q+1;/p-1. The van der Waals surface area contributed by atoms with Crippen molar-refractivity contribution in [2.24, 2.45) is 0 Å². The summed E-state index contributed by atoms with van der Waals surface area (Å²) in [7, 11) is -4.27. The Labute approximate surface area is 204 Å². The molecule has 7 heteroatoms. The number of rotatable bonds is 3. The lowest BCUT2D eigenvalue weighted by Crippen LogP contribution is -2.33. The summed E-state index contributed by atoms with van der Waals surface area (Å²) >= 11 is 1.80. The van der Waals surface area contributed by atoms with Gasteiger partial charge >= 0.3 is 0 Å². The number of allylic oxidation sites excluding steroid dienone is 2. The molecule has 0 spiro atoms. The Morgan fingerprint density at radius 3 is 2.35 bits per heavy atom. The Morgan fingerprint density at radius 1 is 0.971 bits per heavy atom. The molecule has 4 aromatic rings. The quantitative estimate of drug-likeness (QED) is 0.262. The first kappa shape index (κ1) is 23.9. The third kappa shape index (κ3) is 5.28. The molecule has 0 atom stereocenters. The van der Waals surface area contributed by atoms with Gasteiger partial charge in [-0.25, -0.2) is 8.42 Å². The lowest BCUT2D eigenvalue weighted by Gasteiger charge is -2.17. The molecule has 0 bridgehead atoms. The molecule has 34 heavy (non-hydrogen) atoms. The number of fused-ring (bicyclic) bond motifs is 2. The van der Waals surface area contributed by atoms with Crippen LogP contribution >= 0.6 is 11.3 Å². The Balaban J connectivity index is 0.000000210. The van der Waals surface area contributed by atoms with Crippen LogP contribution in [0.5, 0.6) is 5.75 Å². The van der Waals surface area contributed by atoms with Gasteiger partial charge in [0, 0.05) is 11.6 Å². The minimum absolute atomic E-state index is 0.178. The van der Waals surface area contributed by atoms with Gasteiger partial charge in [0.1, 0.15) is 32.9 Å². The highest BCUT2D eigenvalue weighted by Crippen LogP contribution is 2.33. The van der Waals surface area contributed by atoms with Gasteiger partial charge in [0.15, 0.2) is 0 Å². The van der Waals surface area contributed by atoms with Crippen LogP contribution in [0.25, 0.3) is 21.9 Å². The summed E-state index contributed by atoms with van der Waals surface area (Å²) in [5.74, 6) is 1.83. The maximum absolute atomic E-state index is 10.4. The van der Waals surface area contributed by atoms with Crippen LogP contribution in [0.3, 0.4) is 0 Å². The van der Waals surface area contributed by atoms with Crippen molar-refractivity contribution in [3.63, 3.8) is 0 Å². The van der Waals surface area contributed by atoms with Gasteiger partial charge in [-0.15, -0.1) is 0 Å². The Kier molecular flexibility index (Phi) is 6.97. The van der Waals surface area contributed by atoms with Crippen LogP contribution in [-0.4, -0.2) is 13.0 Å². The molecule has 5 nitrogen and oxygen atoms in total. The van der Waals surface area contributed by atoms with Gasteiger partial charge in [0.05, 0.1) is 11.0 Å². The van der Waals surface area contributed by atoms with E-state index < -0.39 is 10.1 Å². The summed E-state index contributed by atoms with van der Waals surface area (Å²) in [6, 6.07) is 22.5.